The Morgan fingerprint density at radius 3 is 2.45 bits per heavy atom. The van der Waals surface area contributed by atoms with Crippen LogP contribution in [0.1, 0.15) is 26.2 Å². The molecule has 7 nitrogen and oxygen atoms in total. The van der Waals surface area contributed by atoms with Gasteiger partial charge in [-0.3, -0.25) is 4.90 Å². The molecule has 0 unspecified atom stereocenters. The van der Waals surface area contributed by atoms with E-state index in [1.54, 1.807) is 12.4 Å². The quantitative estimate of drug-likeness (QED) is 0.753. The molecule has 1 aliphatic heterocycles. The third-order valence-corrected chi connectivity index (χ3v) is 4.98. The molecule has 29 heavy (non-hydrogen) atoms. The van der Waals surface area contributed by atoms with E-state index < -0.39 is 12.7 Å². The molecular formula is C19H26F3N7. The van der Waals surface area contributed by atoms with Gasteiger partial charge >= 0.3 is 6.18 Å². The van der Waals surface area contributed by atoms with Gasteiger partial charge < -0.3 is 10.2 Å². The average molecular weight is 409 g/mol. The monoisotopic (exact) mass is 409 g/mol. The number of piperidine rings is 1. The lowest BCUT2D eigenvalue weighted by molar-refractivity contribution is -0.147. The van der Waals surface area contributed by atoms with Crippen molar-refractivity contribution in [1.29, 1.82) is 0 Å². The smallest absolute Gasteiger partial charge is 0.370 e. The second-order valence-electron chi connectivity index (χ2n) is 7.22. The summed E-state index contributed by atoms with van der Waals surface area (Å²) in [5.74, 6) is 1.31. The number of alkyl halides is 3. The number of nitrogens with one attached hydrogen (secondary N) is 1. The minimum Gasteiger partial charge on any atom is -0.370 e. The number of rotatable bonds is 7. The van der Waals surface area contributed by atoms with Gasteiger partial charge in [0.15, 0.2) is 0 Å². The molecule has 1 N–H and O–H groups in total. The van der Waals surface area contributed by atoms with Crippen LogP contribution in [0.15, 0.2) is 24.8 Å². The number of likely N-dealkylation sites (tertiary alicyclic amines) is 1. The van der Waals surface area contributed by atoms with E-state index in [0.29, 0.717) is 31.9 Å². The Hall–Kier alpha value is -2.49. The largest absolute Gasteiger partial charge is 0.401 e. The molecule has 3 heterocycles. The van der Waals surface area contributed by atoms with Crippen LogP contribution >= 0.6 is 0 Å². The molecule has 3 rings (SSSR count). The molecule has 10 heteroatoms. The van der Waals surface area contributed by atoms with Crippen molar-refractivity contribution in [3.05, 3.63) is 24.8 Å². The standard InChI is InChI=1S/C19H26F3N7/c1-3-6-23-17-9-16(26-13-27-17)14-10-24-18(25-11-14)28(2)15-4-7-29(8-5-15)12-19(20,21)22/h9-11,13,15H,3-8,12H2,1-2H3,(H,23,26,27). The summed E-state index contributed by atoms with van der Waals surface area (Å²) in [5.41, 5.74) is 1.51. The lowest BCUT2D eigenvalue weighted by Crippen LogP contribution is -2.46. The van der Waals surface area contributed by atoms with Gasteiger partial charge in [-0.05, 0) is 19.3 Å². The van der Waals surface area contributed by atoms with Gasteiger partial charge in [-0.2, -0.15) is 13.2 Å². The summed E-state index contributed by atoms with van der Waals surface area (Å²) in [4.78, 5) is 20.8. The summed E-state index contributed by atoms with van der Waals surface area (Å²) in [6, 6.07) is 1.97. The van der Waals surface area contributed by atoms with Gasteiger partial charge in [0.2, 0.25) is 5.95 Å². The Labute approximate surface area is 168 Å². The maximum atomic E-state index is 12.5. The number of nitrogens with zero attached hydrogens (tertiary/aromatic N) is 6. The van der Waals surface area contributed by atoms with E-state index in [9.17, 15) is 13.2 Å². The van der Waals surface area contributed by atoms with Crippen LogP contribution in [-0.4, -0.2) is 70.3 Å². The molecule has 1 saturated heterocycles. The van der Waals surface area contributed by atoms with E-state index in [4.69, 9.17) is 0 Å². The van der Waals surface area contributed by atoms with E-state index >= 15 is 0 Å². The molecule has 2 aromatic heterocycles. The lowest BCUT2D eigenvalue weighted by Gasteiger charge is -2.36. The van der Waals surface area contributed by atoms with Crippen LogP contribution < -0.4 is 10.2 Å². The molecular weight excluding hydrogens is 383 g/mol. The number of aromatic nitrogens is 4. The maximum absolute atomic E-state index is 12.5. The molecule has 0 amide bonds. The zero-order valence-electron chi connectivity index (χ0n) is 16.7. The van der Waals surface area contributed by atoms with Crippen molar-refractivity contribution in [3.8, 4) is 11.3 Å². The molecule has 158 valence electrons. The van der Waals surface area contributed by atoms with Crippen molar-refractivity contribution in [2.24, 2.45) is 0 Å². The molecule has 0 bridgehead atoms. The summed E-state index contributed by atoms with van der Waals surface area (Å²) in [6.45, 7) is 2.90. The minimum atomic E-state index is -4.15. The zero-order valence-corrected chi connectivity index (χ0v) is 16.7. The molecule has 2 aromatic rings. The van der Waals surface area contributed by atoms with Crippen LogP contribution in [0.5, 0.6) is 0 Å². The topological polar surface area (TPSA) is 70.1 Å². The summed E-state index contributed by atoms with van der Waals surface area (Å²) in [5, 5.41) is 3.22. The molecule has 1 fully saturated rings. The molecule has 0 saturated carbocycles. The maximum Gasteiger partial charge on any atom is 0.401 e. The molecule has 1 aliphatic rings. The lowest BCUT2D eigenvalue weighted by atomic mass is 10.0. The summed E-state index contributed by atoms with van der Waals surface area (Å²) < 4.78 is 37.6. The minimum absolute atomic E-state index is 0.120. The first-order valence-electron chi connectivity index (χ1n) is 9.76. The summed E-state index contributed by atoms with van der Waals surface area (Å²) in [7, 11) is 1.89. The SMILES string of the molecule is CCCNc1cc(-c2cnc(N(C)C3CCN(CC(F)(F)F)CC3)nc2)ncn1. The molecule has 0 aliphatic carbocycles. The van der Waals surface area contributed by atoms with E-state index in [2.05, 4.69) is 32.2 Å². The predicted molar refractivity (Wildman–Crippen MR) is 106 cm³/mol. The van der Waals surface area contributed by atoms with Gasteiger partial charge in [-0.15, -0.1) is 0 Å². The van der Waals surface area contributed by atoms with E-state index in [1.165, 1.54) is 11.2 Å². The van der Waals surface area contributed by atoms with Crippen molar-refractivity contribution in [2.75, 3.05) is 43.4 Å². The number of hydrogen-bond donors (Lipinski definition) is 1. The number of halogens is 3. The van der Waals surface area contributed by atoms with Crippen LogP contribution in [0.25, 0.3) is 11.3 Å². The van der Waals surface area contributed by atoms with Gasteiger partial charge in [0.1, 0.15) is 12.1 Å². The van der Waals surface area contributed by atoms with Gasteiger partial charge in [-0.1, -0.05) is 6.92 Å². The predicted octanol–water partition coefficient (Wildman–Crippen LogP) is 3.22. The van der Waals surface area contributed by atoms with Crippen molar-refractivity contribution >= 4 is 11.8 Å². The van der Waals surface area contributed by atoms with Gasteiger partial charge in [0.05, 0.1) is 12.2 Å². The molecule has 0 atom stereocenters. The van der Waals surface area contributed by atoms with Crippen molar-refractivity contribution in [3.63, 3.8) is 0 Å². The normalized spacial score (nSPS) is 16.0. The fraction of sp³-hybridized carbons (Fsp3) is 0.579. The van der Waals surface area contributed by atoms with Crippen LogP contribution in [0.4, 0.5) is 24.9 Å². The van der Waals surface area contributed by atoms with Gasteiger partial charge in [-0.25, -0.2) is 19.9 Å². The molecule has 0 aromatic carbocycles. The third-order valence-electron chi connectivity index (χ3n) is 4.98. The first-order valence-corrected chi connectivity index (χ1v) is 9.76. The molecule has 0 spiro atoms. The summed E-state index contributed by atoms with van der Waals surface area (Å²) >= 11 is 0. The highest BCUT2D eigenvalue weighted by Crippen LogP contribution is 2.24. The van der Waals surface area contributed by atoms with Crippen LogP contribution in [-0.2, 0) is 0 Å². The zero-order chi connectivity index (χ0) is 20.9. The van der Waals surface area contributed by atoms with Gasteiger partial charge in [0.25, 0.3) is 0 Å². The van der Waals surface area contributed by atoms with E-state index in [-0.39, 0.29) is 6.04 Å². The first kappa shape index (κ1) is 21.2. The Bertz CT molecular complexity index is 774. The fourth-order valence-corrected chi connectivity index (χ4v) is 3.38. The number of hydrogen-bond acceptors (Lipinski definition) is 7. The Morgan fingerprint density at radius 2 is 1.83 bits per heavy atom. The highest BCUT2D eigenvalue weighted by molar-refractivity contribution is 5.60. The Morgan fingerprint density at radius 1 is 1.14 bits per heavy atom. The second kappa shape index (κ2) is 9.34. The van der Waals surface area contributed by atoms with Crippen LogP contribution in [0.2, 0.25) is 0 Å². The van der Waals surface area contributed by atoms with Crippen molar-refractivity contribution in [2.45, 2.75) is 38.4 Å². The Balaban J connectivity index is 1.60. The van der Waals surface area contributed by atoms with Gasteiger partial charge in [0, 0.05) is 56.7 Å². The summed E-state index contributed by atoms with van der Waals surface area (Å²) in [6.07, 6.45) is 3.07. The number of anilines is 2. The highest BCUT2D eigenvalue weighted by atomic mass is 19.4. The average Bonchev–Trinajstić information content (AvgIpc) is 2.71. The van der Waals surface area contributed by atoms with E-state index in [1.807, 2.05) is 18.0 Å². The van der Waals surface area contributed by atoms with Crippen molar-refractivity contribution < 1.29 is 13.2 Å². The van der Waals surface area contributed by atoms with Crippen LogP contribution in [0.3, 0.4) is 0 Å². The first-order chi connectivity index (χ1) is 13.9. The Kier molecular flexibility index (Phi) is 6.83. The second-order valence-corrected chi connectivity index (χ2v) is 7.22. The molecule has 0 radical (unpaired) electrons. The van der Waals surface area contributed by atoms with E-state index in [0.717, 1.165) is 30.0 Å². The fourth-order valence-electron chi connectivity index (χ4n) is 3.38. The van der Waals surface area contributed by atoms with Crippen LogP contribution in [0, 0.1) is 0 Å². The van der Waals surface area contributed by atoms with Crippen molar-refractivity contribution in [1.82, 2.24) is 24.8 Å². The third kappa shape index (κ3) is 5.99. The highest BCUT2D eigenvalue weighted by Gasteiger charge is 2.33.